The Morgan fingerprint density at radius 1 is 0.933 bits per heavy atom. The van der Waals surface area contributed by atoms with Gasteiger partial charge in [0.15, 0.2) is 17.2 Å². The van der Waals surface area contributed by atoms with E-state index in [0.29, 0.717) is 22.6 Å². The number of aryl methyl sites for hydroxylation is 1. The fourth-order valence-electron chi connectivity index (χ4n) is 3.99. The van der Waals surface area contributed by atoms with E-state index in [1.54, 1.807) is 39.7 Å². The molecule has 0 radical (unpaired) electrons. The molecule has 3 aromatic heterocycles. The minimum Gasteiger partial charge on any atom is -0.461 e. The molecule has 0 amide bonds. The summed E-state index contributed by atoms with van der Waals surface area (Å²) >= 11 is 0. The van der Waals surface area contributed by atoms with Crippen molar-refractivity contribution < 1.29 is 4.42 Å². The maximum atomic E-state index is 13.7. The van der Waals surface area contributed by atoms with E-state index in [-0.39, 0.29) is 22.4 Å². The van der Waals surface area contributed by atoms with Crippen molar-refractivity contribution in [1.29, 1.82) is 0 Å². The zero-order valence-corrected chi connectivity index (χ0v) is 16.6. The molecule has 0 aliphatic carbocycles. The molecule has 0 saturated carbocycles. The Kier molecular flexibility index (Phi) is 4.13. The molecule has 148 valence electrons. The predicted molar refractivity (Wildman–Crippen MR) is 117 cm³/mol. The lowest BCUT2D eigenvalue weighted by atomic mass is 10.1. The fourth-order valence-corrected chi connectivity index (χ4v) is 3.99. The van der Waals surface area contributed by atoms with Crippen molar-refractivity contribution in [2.75, 3.05) is 0 Å². The summed E-state index contributed by atoms with van der Waals surface area (Å²) in [6.45, 7) is 1.92. The summed E-state index contributed by atoms with van der Waals surface area (Å²) in [6, 6.07) is 20.1. The molecule has 0 bridgehead atoms. The predicted octanol–water partition coefficient (Wildman–Crippen LogP) is 4.12. The van der Waals surface area contributed by atoms with Gasteiger partial charge in [0, 0.05) is 12.4 Å². The topological polar surface area (TPSA) is 70.0 Å². The van der Waals surface area contributed by atoms with Gasteiger partial charge in [0.2, 0.25) is 5.43 Å². The van der Waals surface area contributed by atoms with Crippen molar-refractivity contribution in [2.24, 2.45) is 7.05 Å². The molecule has 30 heavy (non-hydrogen) atoms. The Hall–Kier alpha value is -3.93. The Balaban J connectivity index is 1.96. The quantitative estimate of drug-likeness (QED) is 0.430. The second-order valence-corrected chi connectivity index (χ2v) is 7.28. The number of nitrogens with zero attached hydrogens (tertiary/aromatic N) is 3. The standard InChI is InChI=1S/C24H19N3O3/c1-15(16-9-4-3-5-10-16)27-22(19-13-8-14-30-19)25-23-20(24(27)29)21(28)17-11-6-7-12-18(17)26(23)2/h3-15H,1-2H3. The minimum atomic E-state index is -0.380. The second kappa shape index (κ2) is 6.84. The summed E-state index contributed by atoms with van der Waals surface area (Å²) in [6.07, 6.45) is 1.54. The van der Waals surface area contributed by atoms with Gasteiger partial charge in [-0.2, -0.15) is 0 Å². The Labute approximate surface area is 171 Å². The van der Waals surface area contributed by atoms with E-state index >= 15 is 0 Å². The van der Waals surface area contributed by atoms with E-state index in [1.165, 1.54) is 0 Å². The van der Waals surface area contributed by atoms with Crippen LogP contribution in [0.5, 0.6) is 0 Å². The Morgan fingerprint density at radius 2 is 1.67 bits per heavy atom. The number of aromatic nitrogens is 3. The number of benzene rings is 2. The first-order chi connectivity index (χ1) is 14.6. The zero-order chi connectivity index (χ0) is 20.8. The third-order valence-corrected chi connectivity index (χ3v) is 5.56. The maximum Gasteiger partial charge on any atom is 0.267 e. The van der Waals surface area contributed by atoms with Crippen LogP contribution >= 0.6 is 0 Å². The van der Waals surface area contributed by atoms with Crippen molar-refractivity contribution in [1.82, 2.24) is 14.1 Å². The first kappa shape index (κ1) is 18.1. The number of rotatable bonds is 3. The van der Waals surface area contributed by atoms with Gasteiger partial charge >= 0.3 is 0 Å². The van der Waals surface area contributed by atoms with Gasteiger partial charge in [-0.05, 0) is 36.8 Å². The molecule has 0 spiro atoms. The largest absolute Gasteiger partial charge is 0.461 e. The first-order valence-corrected chi connectivity index (χ1v) is 9.70. The molecular weight excluding hydrogens is 378 g/mol. The third-order valence-electron chi connectivity index (χ3n) is 5.56. The van der Waals surface area contributed by atoms with Crippen LogP contribution in [0.4, 0.5) is 0 Å². The monoisotopic (exact) mass is 397 g/mol. The van der Waals surface area contributed by atoms with Gasteiger partial charge in [0.1, 0.15) is 5.39 Å². The normalized spacial score (nSPS) is 12.5. The molecule has 2 aromatic carbocycles. The van der Waals surface area contributed by atoms with Gasteiger partial charge in [-0.1, -0.05) is 42.5 Å². The van der Waals surface area contributed by atoms with E-state index in [9.17, 15) is 9.59 Å². The minimum absolute atomic E-state index is 0.0780. The maximum absolute atomic E-state index is 13.7. The lowest BCUT2D eigenvalue weighted by molar-refractivity contribution is 0.551. The highest BCUT2D eigenvalue weighted by atomic mass is 16.3. The van der Waals surface area contributed by atoms with Crippen molar-refractivity contribution >= 4 is 21.9 Å². The number of pyridine rings is 1. The zero-order valence-electron chi connectivity index (χ0n) is 16.6. The summed E-state index contributed by atoms with van der Waals surface area (Å²) in [5, 5.41) is 0.574. The first-order valence-electron chi connectivity index (χ1n) is 9.70. The Bertz CT molecular complexity index is 1500. The highest BCUT2D eigenvalue weighted by Gasteiger charge is 2.23. The van der Waals surface area contributed by atoms with Crippen molar-refractivity contribution in [3.63, 3.8) is 0 Å². The molecule has 0 fully saturated rings. The van der Waals surface area contributed by atoms with Crippen LogP contribution in [0, 0.1) is 0 Å². The summed E-state index contributed by atoms with van der Waals surface area (Å²) in [4.78, 5) is 31.8. The van der Waals surface area contributed by atoms with Crippen LogP contribution in [-0.2, 0) is 7.05 Å². The molecule has 3 heterocycles. The lowest BCUT2D eigenvalue weighted by Gasteiger charge is -2.20. The molecule has 1 atom stereocenters. The van der Waals surface area contributed by atoms with Crippen molar-refractivity contribution in [3.8, 4) is 11.6 Å². The second-order valence-electron chi connectivity index (χ2n) is 7.28. The highest BCUT2D eigenvalue weighted by Crippen LogP contribution is 2.26. The third kappa shape index (κ3) is 2.61. The molecular formula is C24H19N3O3. The summed E-state index contributed by atoms with van der Waals surface area (Å²) < 4.78 is 8.94. The van der Waals surface area contributed by atoms with Crippen molar-refractivity contribution in [3.05, 3.63) is 99.1 Å². The lowest BCUT2D eigenvalue weighted by Crippen LogP contribution is -2.31. The highest BCUT2D eigenvalue weighted by molar-refractivity contribution is 5.91. The molecule has 0 aliphatic rings. The van der Waals surface area contributed by atoms with E-state index < -0.39 is 0 Å². The number of fused-ring (bicyclic) bond motifs is 2. The Morgan fingerprint density at radius 3 is 2.40 bits per heavy atom. The van der Waals surface area contributed by atoms with Crippen LogP contribution in [-0.4, -0.2) is 14.1 Å². The SMILES string of the molecule is CC(c1ccccc1)n1c(-c2ccco2)nc2c(c(=O)c3ccccc3n2C)c1=O. The van der Waals surface area contributed by atoms with Crippen molar-refractivity contribution in [2.45, 2.75) is 13.0 Å². The molecule has 6 heteroatoms. The van der Waals surface area contributed by atoms with Gasteiger partial charge < -0.3 is 8.98 Å². The van der Waals surface area contributed by atoms with Gasteiger partial charge in [0.05, 0.1) is 17.8 Å². The van der Waals surface area contributed by atoms with E-state index in [0.717, 1.165) is 11.1 Å². The molecule has 0 saturated heterocycles. The van der Waals surface area contributed by atoms with Crippen LogP contribution < -0.4 is 11.0 Å². The molecule has 5 aromatic rings. The summed E-state index contributed by atoms with van der Waals surface area (Å²) in [7, 11) is 1.81. The van der Waals surface area contributed by atoms with Crippen LogP contribution in [0.2, 0.25) is 0 Å². The number of hydrogen-bond donors (Lipinski definition) is 0. The summed E-state index contributed by atoms with van der Waals surface area (Å²) in [5.41, 5.74) is 1.31. The van der Waals surface area contributed by atoms with Crippen LogP contribution in [0.1, 0.15) is 18.5 Å². The number of furan rings is 1. The van der Waals surface area contributed by atoms with E-state index in [1.807, 2.05) is 56.4 Å². The number of hydrogen-bond acceptors (Lipinski definition) is 4. The number of para-hydroxylation sites is 1. The van der Waals surface area contributed by atoms with Gasteiger partial charge in [0.25, 0.3) is 5.56 Å². The molecule has 0 aliphatic heterocycles. The van der Waals surface area contributed by atoms with Gasteiger partial charge in [-0.15, -0.1) is 0 Å². The van der Waals surface area contributed by atoms with Gasteiger partial charge in [-0.3, -0.25) is 14.2 Å². The average Bonchev–Trinajstić information content (AvgIpc) is 3.32. The molecule has 5 rings (SSSR count). The van der Waals surface area contributed by atoms with Gasteiger partial charge in [-0.25, -0.2) is 4.98 Å². The van der Waals surface area contributed by atoms with Crippen LogP contribution in [0.3, 0.4) is 0 Å². The van der Waals surface area contributed by atoms with Crippen LogP contribution in [0.15, 0.2) is 87.0 Å². The molecule has 0 N–H and O–H groups in total. The average molecular weight is 397 g/mol. The fraction of sp³-hybridized carbons (Fsp3) is 0.125. The molecule has 1 unspecified atom stereocenters. The smallest absolute Gasteiger partial charge is 0.267 e. The summed E-state index contributed by atoms with van der Waals surface area (Å²) in [5.74, 6) is 0.858. The van der Waals surface area contributed by atoms with Crippen LogP contribution in [0.25, 0.3) is 33.5 Å². The van der Waals surface area contributed by atoms with E-state index in [4.69, 9.17) is 9.40 Å². The molecule has 6 nitrogen and oxygen atoms in total. The van der Waals surface area contributed by atoms with E-state index in [2.05, 4.69) is 0 Å².